The van der Waals surface area contributed by atoms with Crippen molar-refractivity contribution in [1.82, 2.24) is 19.1 Å². The molecule has 0 saturated heterocycles. The van der Waals surface area contributed by atoms with Crippen LogP contribution in [0.2, 0.25) is 0 Å². The summed E-state index contributed by atoms with van der Waals surface area (Å²) in [5.41, 5.74) is 0.146. The van der Waals surface area contributed by atoms with E-state index in [9.17, 15) is 9.59 Å². The van der Waals surface area contributed by atoms with Gasteiger partial charge in [0.1, 0.15) is 0 Å². The molecule has 132 valence electrons. The van der Waals surface area contributed by atoms with Crippen molar-refractivity contribution in [2.24, 2.45) is 13.0 Å². The molecule has 2 heterocycles. The second-order valence-electron chi connectivity index (χ2n) is 7.24. The third-order valence-electron chi connectivity index (χ3n) is 4.88. The molecule has 7 heteroatoms. The Kier molecular flexibility index (Phi) is 4.78. The molecule has 0 unspecified atom stereocenters. The van der Waals surface area contributed by atoms with Crippen LogP contribution in [0, 0.1) is 5.92 Å². The molecule has 24 heavy (non-hydrogen) atoms. The lowest BCUT2D eigenvalue weighted by atomic mass is 9.96. The lowest BCUT2D eigenvalue weighted by Crippen LogP contribution is -2.29. The molecule has 0 spiro atoms. The van der Waals surface area contributed by atoms with Gasteiger partial charge >= 0.3 is 5.69 Å². The number of aromatic nitrogens is 4. The van der Waals surface area contributed by atoms with E-state index in [1.807, 2.05) is 4.57 Å². The summed E-state index contributed by atoms with van der Waals surface area (Å²) in [5, 5.41) is 3.52. The van der Waals surface area contributed by atoms with Gasteiger partial charge in [0.2, 0.25) is 5.95 Å². The summed E-state index contributed by atoms with van der Waals surface area (Å²) in [4.78, 5) is 31.2. The molecule has 1 fully saturated rings. The maximum Gasteiger partial charge on any atom is 0.329 e. The SMILES string of the molecule is CC(C)CCn1c(NC2CCCCC2)nc2c1c(=O)[nH]c(=O)n2C. The van der Waals surface area contributed by atoms with Crippen LogP contribution in [0.3, 0.4) is 0 Å². The minimum atomic E-state index is -0.426. The first-order valence-electron chi connectivity index (χ1n) is 8.93. The van der Waals surface area contributed by atoms with Gasteiger partial charge in [-0.15, -0.1) is 0 Å². The molecule has 2 aromatic heterocycles. The standard InChI is InChI=1S/C17H27N5O2/c1-11(2)9-10-22-13-14(21(3)17(24)20-15(13)23)19-16(22)18-12-7-5-4-6-8-12/h11-12H,4-10H2,1-3H3,(H,18,19)(H,20,23,24). The van der Waals surface area contributed by atoms with Crippen LogP contribution in [0.4, 0.5) is 5.95 Å². The molecule has 2 aromatic rings. The molecule has 1 aliphatic rings. The summed E-state index contributed by atoms with van der Waals surface area (Å²) in [6, 6.07) is 0.393. The Balaban J connectivity index is 2.06. The van der Waals surface area contributed by atoms with Crippen LogP contribution in [-0.2, 0) is 13.6 Å². The maximum absolute atomic E-state index is 12.4. The topological polar surface area (TPSA) is 84.7 Å². The number of imidazole rings is 1. The van der Waals surface area contributed by atoms with Gasteiger partial charge in [0.25, 0.3) is 5.56 Å². The van der Waals surface area contributed by atoms with E-state index in [2.05, 4.69) is 29.1 Å². The van der Waals surface area contributed by atoms with Crippen molar-refractivity contribution in [2.75, 3.05) is 5.32 Å². The Morgan fingerprint density at radius 2 is 1.96 bits per heavy atom. The minimum absolute atomic E-state index is 0.360. The predicted octanol–water partition coefficient (Wildman–Crippen LogP) is 2.21. The molecule has 0 aliphatic heterocycles. The zero-order chi connectivity index (χ0) is 17.3. The quantitative estimate of drug-likeness (QED) is 0.878. The molecule has 2 N–H and O–H groups in total. The first kappa shape index (κ1) is 16.8. The number of anilines is 1. The third-order valence-corrected chi connectivity index (χ3v) is 4.88. The zero-order valence-electron chi connectivity index (χ0n) is 14.8. The number of hydrogen-bond acceptors (Lipinski definition) is 4. The monoisotopic (exact) mass is 333 g/mol. The van der Waals surface area contributed by atoms with Crippen LogP contribution in [0.15, 0.2) is 9.59 Å². The van der Waals surface area contributed by atoms with Gasteiger partial charge < -0.3 is 9.88 Å². The van der Waals surface area contributed by atoms with E-state index < -0.39 is 5.69 Å². The van der Waals surface area contributed by atoms with Crippen LogP contribution >= 0.6 is 0 Å². The second kappa shape index (κ2) is 6.83. The summed E-state index contributed by atoms with van der Waals surface area (Å²) in [7, 11) is 1.64. The molecule has 1 saturated carbocycles. The van der Waals surface area contributed by atoms with Crippen molar-refractivity contribution in [3.8, 4) is 0 Å². The summed E-state index contributed by atoms with van der Waals surface area (Å²) in [6.07, 6.45) is 6.94. The molecule has 3 rings (SSSR count). The van der Waals surface area contributed by atoms with Crippen LogP contribution < -0.4 is 16.6 Å². The highest BCUT2D eigenvalue weighted by molar-refractivity contribution is 5.74. The summed E-state index contributed by atoms with van der Waals surface area (Å²) in [6.45, 7) is 5.03. The van der Waals surface area contributed by atoms with Gasteiger partial charge in [-0.05, 0) is 25.2 Å². The first-order valence-corrected chi connectivity index (χ1v) is 8.93. The van der Waals surface area contributed by atoms with Crippen molar-refractivity contribution in [3.63, 3.8) is 0 Å². The van der Waals surface area contributed by atoms with Crippen molar-refractivity contribution in [2.45, 2.75) is 65.0 Å². The number of aromatic amines is 1. The number of fused-ring (bicyclic) bond motifs is 1. The average Bonchev–Trinajstić information content (AvgIpc) is 2.90. The van der Waals surface area contributed by atoms with Crippen LogP contribution in [0.5, 0.6) is 0 Å². The lowest BCUT2D eigenvalue weighted by molar-refractivity contribution is 0.457. The summed E-state index contributed by atoms with van der Waals surface area (Å²) in [5.74, 6) is 1.24. The molecule has 7 nitrogen and oxygen atoms in total. The fraction of sp³-hybridized carbons (Fsp3) is 0.706. The van der Waals surface area contributed by atoms with Crippen molar-refractivity contribution in [1.29, 1.82) is 0 Å². The van der Waals surface area contributed by atoms with Crippen molar-refractivity contribution >= 4 is 17.1 Å². The van der Waals surface area contributed by atoms with Gasteiger partial charge in [0.05, 0.1) is 0 Å². The summed E-state index contributed by atoms with van der Waals surface area (Å²) >= 11 is 0. The molecule has 0 radical (unpaired) electrons. The van der Waals surface area contributed by atoms with Gasteiger partial charge in [0.15, 0.2) is 11.2 Å². The van der Waals surface area contributed by atoms with E-state index in [1.165, 1.54) is 23.8 Å². The average molecular weight is 333 g/mol. The number of H-pyrrole nitrogens is 1. The number of nitrogens with one attached hydrogen (secondary N) is 2. The Morgan fingerprint density at radius 1 is 1.25 bits per heavy atom. The molecule has 0 atom stereocenters. The second-order valence-corrected chi connectivity index (χ2v) is 7.24. The Morgan fingerprint density at radius 3 is 2.62 bits per heavy atom. The van der Waals surface area contributed by atoms with Gasteiger partial charge in [-0.25, -0.2) is 4.79 Å². The smallest absolute Gasteiger partial charge is 0.329 e. The molecule has 1 aliphatic carbocycles. The van der Waals surface area contributed by atoms with Crippen molar-refractivity contribution < 1.29 is 0 Å². The highest BCUT2D eigenvalue weighted by Crippen LogP contribution is 2.23. The Hall–Kier alpha value is -2.05. The number of hydrogen-bond donors (Lipinski definition) is 2. The normalized spacial score (nSPS) is 16.2. The number of rotatable bonds is 5. The van der Waals surface area contributed by atoms with Crippen LogP contribution in [-0.4, -0.2) is 25.1 Å². The van der Waals surface area contributed by atoms with Gasteiger partial charge in [-0.1, -0.05) is 33.1 Å². The minimum Gasteiger partial charge on any atom is -0.353 e. The predicted molar refractivity (Wildman–Crippen MR) is 95.5 cm³/mol. The van der Waals surface area contributed by atoms with E-state index >= 15 is 0 Å². The molecular formula is C17H27N5O2. The van der Waals surface area contributed by atoms with E-state index in [1.54, 1.807) is 7.05 Å². The highest BCUT2D eigenvalue weighted by atomic mass is 16.2. The van der Waals surface area contributed by atoms with Gasteiger partial charge in [-0.2, -0.15) is 4.98 Å². The molecule has 0 amide bonds. The van der Waals surface area contributed by atoms with Crippen LogP contribution in [0.25, 0.3) is 11.2 Å². The zero-order valence-corrected chi connectivity index (χ0v) is 14.8. The largest absolute Gasteiger partial charge is 0.353 e. The fourth-order valence-corrected chi connectivity index (χ4v) is 3.38. The first-order chi connectivity index (χ1) is 11.5. The van der Waals surface area contributed by atoms with Crippen molar-refractivity contribution in [3.05, 3.63) is 20.8 Å². The number of nitrogens with zero attached hydrogens (tertiary/aromatic N) is 3. The Bertz CT molecular complexity index is 824. The van der Waals surface area contributed by atoms with Gasteiger partial charge in [-0.3, -0.25) is 14.3 Å². The summed E-state index contributed by atoms with van der Waals surface area (Å²) < 4.78 is 3.36. The van der Waals surface area contributed by atoms with E-state index in [4.69, 9.17) is 0 Å². The fourth-order valence-electron chi connectivity index (χ4n) is 3.38. The number of aryl methyl sites for hydroxylation is 2. The lowest BCUT2D eigenvalue weighted by Gasteiger charge is -2.23. The van der Waals surface area contributed by atoms with Crippen LogP contribution in [0.1, 0.15) is 52.4 Å². The van der Waals surface area contributed by atoms with E-state index in [0.717, 1.165) is 19.3 Å². The highest BCUT2D eigenvalue weighted by Gasteiger charge is 2.20. The maximum atomic E-state index is 12.4. The Labute approximate surface area is 141 Å². The van der Waals surface area contributed by atoms with Gasteiger partial charge in [0, 0.05) is 19.6 Å². The van der Waals surface area contributed by atoms with E-state index in [-0.39, 0.29) is 5.56 Å². The molecular weight excluding hydrogens is 306 g/mol. The third kappa shape index (κ3) is 3.25. The molecule has 0 aromatic carbocycles. The molecule has 0 bridgehead atoms. The van der Waals surface area contributed by atoms with E-state index in [0.29, 0.717) is 35.6 Å².